The first-order chi connectivity index (χ1) is 10.6. The number of carboxylic acids is 1. The van der Waals surface area contributed by atoms with E-state index in [0.29, 0.717) is 23.8 Å². The monoisotopic (exact) mass is 317 g/mol. The maximum Gasteiger partial charge on any atom is 0.308 e. The molecule has 0 aromatic carbocycles. The number of hydrogen-bond donors (Lipinski definition) is 1. The second-order valence-corrected chi connectivity index (χ2v) is 6.03. The molecule has 0 fully saturated rings. The van der Waals surface area contributed by atoms with E-state index in [9.17, 15) is 4.79 Å². The fourth-order valence-electron chi connectivity index (χ4n) is 2.12. The predicted molar refractivity (Wildman–Crippen MR) is 84.2 cm³/mol. The maximum absolute atomic E-state index is 11.0. The van der Waals surface area contributed by atoms with Gasteiger partial charge in [0.15, 0.2) is 11.5 Å². The molecule has 0 saturated heterocycles. The summed E-state index contributed by atoms with van der Waals surface area (Å²) >= 11 is 1.57. The molecule has 0 aliphatic rings. The molecule has 0 radical (unpaired) electrons. The van der Waals surface area contributed by atoms with E-state index in [-0.39, 0.29) is 0 Å². The second-order valence-electron chi connectivity index (χ2n) is 5.08. The molecular formula is C14H15N5O2S. The van der Waals surface area contributed by atoms with Crippen LogP contribution in [0.3, 0.4) is 0 Å². The first kappa shape index (κ1) is 14.5. The normalized spacial score (nSPS) is 12.5. The molecular weight excluding hydrogens is 302 g/mol. The van der Waals surface area contributed by atoms with Crippen LogP contribution in [0.15, 0.2) is 29.6 Å². The highest BCUT2D eigenvalue weighted by atomic mass is 32.1. The average molecular weight is 317 g/mol. The lowest BCUT2D eigenvalue weighted by Crippen LogP contribution is -2.29. The zero-order valence-electron chi connectivity index (χ0n) is 12.2. The van der Waals surface area contributed by atoms with E-state index in [2.05, 4.69) is 15.3 Å². The summed E-state index contributed by atoms with van der Waals surface area (Å²) in [5.41, 5.74) is 0.659. The molecule has 0 bridgehead atoms. The van der Waals surface area contributed by atoms with Crippen molar-refractivity contribution < 1.29 is 9.90 Å². The molecule has 3 aromatic heterocycles. The van der Waals surface area contributed by atoms with Gasteiger partial charge in [-0.25, -0.2) is 0 Å². The highest BCUT2D eigenvalue weighted by molar-refractivity contribution is 7.13. The van der Waals surface area contributed by atoms with Crippen LogP contribution in [0.25, 0.3) is 16.3 Å². The fraction of sp³-hybridized carbons (Fsp3) is 0.286. The summed E-state index contributed by atoms with van der Waals surface area (Å²) in [5.74, 6) is 0.0708. The Hall–Kier alpha value is -2.48. The predicted octanol–water partition coefficient (Wildman–Crippen LogP) is 2.01. The molecule has 1 atom stereocenters. The van der Waals surface area contributed by atoms with Gasteiger partial charge in [0.1, 0.15) is 5.82 Å². The lowest BCUT2D eigenvalue weighted by atomic mass is 10.2. The topological polar surface area (TPSA) is 83.6 Å². The van der Waals surface area contributed by atoms with Crippen LogP contribution in [0, 0.1) is 5.92 Å². The number of thiophene rings is 1. The highest BCUT2D eigenvalue weighted by Crippen LogP contribution is 2.23. The molecule has 3 rings (SSSR count). The van der Waals surface area contributed by atoms with Crippen molar-refractivity contribution in [3.63, 3.8) is 0 Å². The van der Waals surface area contributed by atoms with Gasteiger partial charge >= 0.3 is 5.97 Å². The molecule has 3 aromatic rings. The van der Waals surface area contributed by atoms with Crippen molar-refractivity contribution in [1.29, 1.82) is 0 Å². The molecule has 0 amide bonds. The SMILES string of the molecule is CC(CN(C)c1ccc2nnc(-c3cccs3)n2n1)C(=O)O. The Morgan fingerprint density at radius 1 is 1.41 bits per heavy atom. The lowest BCUT2D eigenvalue weighted by molar-refractivity contribution is -0.140. The van der Waals surface area contributed by atoms with E-state index in [1.807, 2.05) is 41.6 Å². The first-order valence-corrected chi connectivity index (χ1v) is 7.64. The Balaban J connectivity index is 1.95. The first-order valence-electron chi connectivity index (χ1n) is 6.76. The average Bonchev–Trinajstić information content (AvgIpc) is 3.14. The summed E-state index contributed by atoms with van der Waals surface area (Å²) in [7, 11) is 1.82. The van der Waals surface area contributed by atoms with Gasteiger partial charge in [-0.2, -0.15) is 4.52 Å². The Bertz CT molecular complexity index is 799. The van der Waals surface area contributed by atoms with Crippen LogP contribution in [0.2, 0.25) is 0 Å². The summed E-state index contributed by atoms with van der Waals surface area (Å²) in [4.78, 5) is 13.8. The van der Waals surface area contributed by atoms with Gasteiger partial charge in [-0.15, -0.1) is 26.6 Å². The third-order valence-corrected chi connectivity index (χ3v) is 4.22. The highest BCUT2D eigenvalue weighted by Gasteiger charge is 2.16. The number of carbonyl (C=O) groups is 1. The van der Waals surface area contributed by atoms with Crippen LogP contribution in [0.1, 0.15) is 6.92 Å². The van der Waals surface area contributed by atoms with Gasteiger partial charge in [0.2, 0.25) is 0 Å². The molecule has 1 N–H and O–H groups in total. The van der Waals surface area contributed by atoms with Crippen LogP contribution in [0.5, 0.6) is 0 Å². The van der Waals surface area contributed by atoms with Crippen molar-refractivity contribution in [1.82, 2.24) is 19.8 Å². The molecule has 1 unspecified atom stereocenters. The molecule has 0 spiro atoms. The minimum atomic E-state index is -0.823. The molecule has 7 nitrogen and oxygen atoms in total. The van der Waals surface area contributed by atoms with E-state index >= 15 is 0 Å². The van der Waals surface area contributed by atoms with E-state index in [1.165, 1.54) is 0 Å². The minimum Gasteiger partial charge on any atom is -0.481 e. The van der Waals surface area contributed by atoms with Crippen molar-refractivity contribution >= 4 is 28.8 Å². The number of nitrogens with zero attached hydrogens (tertiary/aromatic N) is 5. The number of fused-ring (bicyclic) bond motifs is 1. The van der Waals surface area contributed by atoms with Gasteiger partial charge in [-0.3, -0.25) is 4.79 Å². The Kier molecular flexibility index (Phi) is 3.76. The van der Waals surface area contributed by atoms with Gasteiger partial charge in [0.05, 0.1) is 10.8 Å². The molecule has 0 aliphatic heterocycles. The van der Waals surface area contributed by atoms with Crippen LogP contribution in [-0.4, -0.2) is 44.5 Å². The van der Waals surface area contributed by atoms with Crippen LogP contribution < -0.4 is 4.90 Å². The molecule has 8 heteroatoms. The van der Waals surface area contributed by atoms with E-state index in [0.717, 1.165) is 4.88 Å². The zero-order valence-corrected chi connectivity index (χ0v) is 13.0. The molecule has 3 heterocycles. The van der Waals surface area contributed by atoms with E-state index in [1.54, 1.807) is 22.8 Å². The summed E-state index contributed by atoms with van der Waals surface area (Å²) in [6, 6.07) is 7.56. The van der Waals surface area contributed by atoms with Gasteiger partial charge in [-0.05, 0) is 23.6 Å². The van der Waals surface area contributed by atoms with Gasteiger partial charge in [0.25, 0.3) is 0 Å². The van der Waals surface area contributed by atoms with Crippen molar-refractivity contribution in [3.8, 4) is 10.7 Å². The summed E-state index contributed by atoms with van der Waals surface area (Å²) in [6.07, 6.45) is 0. The smallest absolute Gasteiger partial charge is 0.308 e. The molecule has 114 valence electrons. The van der Waals surface area contributed by atoms with E-state index < -0.39 is 11.9 Å². The lowest BCUT2D eigenvalue weighted by Gasteiger charge is -2.20. The number of anilines is 1. The number of hydrogen-bond acceptors (Lipinski definition) is 6. The quantitative estimate of drug-likeness (QED) is 0.775. The maximum atomic E-state index is 11.0. The zero-order chi connectivity index (χ0) is 15.7. The van der Waals surface area contributed by atoms with Gasteiger partial charge in [0, 0.05) is 13.6 Å². The number of rotatable bonds is 5. The number of aromatic nitrogens is 4. The fourth-order valence-corrected chi connectivity index (χ4v) is 2.82. The standard InChI is InChI=1S/C14H15N5O2S/c1-9(14(20)21)8-18(2)12-6-5-11-15-16-13(19(11)17-12)10-4-3-7-22-10/h3-7,9H,8H2,1-2H3,(H,20,21). The number of carboxylic acid groups (broad SMARTS) is 1. The molecule has 22 heavy (non-hydrogen) atoms. The van der Waals surface area contributed by atoms with Crippen LogP contribution in [-0.2, 0) is 4.79 Å². The minimum absolute atomic E-state index is 0.379. The van der Waals surface area contributed by atoms with Gasteiger partial charge in [-0.1, -0.05) is 13.0 Å². The van der Waals surface area contributed by atoms with E-state index in [4.69, 9.17) is 5.11 Å². The largest absolute Gasteiger partial charge is 0.481 e. The van der Waals surface area contributed by atoms with Crippen molar-refractivity contribution in [2.45, 2.75) is 6.92 Å². The number of aliphatic carboxylic acids is 1. The third kappa shape index (κ3) is 2.64. The summed E-state index contributed by atoms with van der Waals surface area (Å²) in [6.45, 7) is 2.05. The van der Waals surface area contributed by atoms with Gasteiger partial charge < -0.3 is 10.0 Å². The van der Waals surface area contributed by atoms with Crippen molar-refractivity contribution in [2.75, 3.05) is 18.5 Å². The van der Waals surface area contributed by atoms with Crippen LogP contribution >= 0.6 is 11.3 Å². The van der Waals surface area contributed by atoms with Crippen molar-refractivity contribution in [3.05, 3.63) is 29.6 Å². The third-order valence-electron chi connectivity index (χ3n) is 3.35. The summed E-state index contributed by atoms with van der Waals surface area (Å²) < 4.78 is 1.68. The Morgan fingerprint density at radius 2 is 2.23 bits per heavy atom. The summed E-state index contributed by atoms with van der Waals surface area (Å²) in [5, 5.41) is 23.8. The molecule has 0 saturated carbocycles. The molecule has 0 aliphatic carbocycles. The Labute approximate surface area is 130 Å². The van der Waals surface area contributed by atoms with Crippen molar-refractivity contribution in [2.24, 2.45) is 5.92 Å². The van der Waals surface area contributed by atoms with Crippen LogP contribution in [0.4, 0.5) is 5.82 Å². The Morgan fingerprint density at radius 3 is 2.91 bits per heavy atom. The second kappa shape index (κ2) is 5.72.